The van der Waals surface area contributed by atoms with Crippen molar-refractivity contribution < 1.29 is 0 Å². The van der Waals surface area contributed by atoms with E-state index >= 15 is 0 Å². The Kier molecular flexibility index (Phi) is 2.17. The highest BCUT2D eigenvalue weighted by Gasteiger charge is 2.03. The van der Waals surface area contributed by atoms with Crippen molar-refractivity contribution in [2.45, 2.75) is 4.90 Å². The smallest absolute Gasteiger partial charge is 0.0494 e. The Bertz CT molecular complexity index is 167. The lowest BCUT2D eigenvalue weighted by Gasteiger charge is -1.91. The minimum absolute atomic E-state index is 0.401. The minimum Gasteiger partial charge on any atom is -0.0494 e. The van der Waals surface area contributed by atoms with Crippen molar-refractivity contribution in [1.29, 1.82) is 0 Å². The van der Waals surface area contributed by atoms with Crippen LogP contribution in [0.25, 0.3) is 0 Å². The molecule has 0 aliphatic heterocycles. The summed E-state index contributed by atoms with van der Waals surface area (Å²) in [5, 5.41) is 0. The summed E-state index contributed by atoms with van der Waals surface area (Å²) in [5.74, 6) is 0. The van der Waals surface area contributed by atoms with Gasteiger partial charge in [-0.15, -0.1) is 0 Å². The Balaban J connectivity index is 2.85. The normalized spacial score (nSPS) is 10.1. The first-order chi connectivity index (χ1) is 4.30. The molecule has 0 bridgehead atoms. The van der Waals surface area contributed by atoms with E-state index in [4.69, 9.17) is 0 Å². The molecule has 0 saturated heterocycles. The molecule has 0 saturated carbocycles. The molecular formula is C8H10S+. The van der Waals surface area contributed by atoms with Gasteiger partial charge in [-0.3, -0.25) is 0 Å². The average molecular weight is 138 g/mol. The molecular weight excluding hydrogens is 128 g/mol. The first-order valence-corrected chi connectivity index (χ1v) is 4.88. The van der Waals surface area contributed by atoms with Crippen LogP contribution >= 0.6 is 0 Å². The zero-order valence-electron chi connectivity index (χ0n) is 5.72. The second-order valence-corrected chi connectivity index (χ2v) is 4.16. The van der Waals surface area contributed by atoms with Crippen LogP contribution in [0.2, 0.25) is 0 Å². The van der Waals surface area contributed by atoms with E-state index in [0.29, 0.717) is 10.9 Å². The Morgan fingerprint density at radius 3 is 2.11 bits per heavy atom. The fraction of sp³-hybridized carbons (Fsp3) is 0.250. The summed E-state index contributed by atoms with van der Waals surface area (Å²) in [6, 6.07) is 11.1. The molecule has 0 atom stereocenters. The molecule has 0 aliphatic carbocycles. The topological polar surface area (TPSA) is 0 Å². The van der Waals surface area contributed by atoms with E-state index < -0.39 is 0 Å². The van der Waals surface area contributed by atoms with Gasteiger partial charge in [0.25, 0.3) is 0 Å². The summed E-state index contributed by atoms with van der Waals surface area (Å²) in [4.78, 5) is 1.41. The van der Waals surface area contributed by atoms with Crippen LogP contribution in [0.3, 0.4) is 0 Å². The number of benzene rings is 1. The van der Waals surface area contributed by atoms with E-state index in [0.717, 1.165) is 0 Å². The van der Waals surface area contributed by atoms with Gasteiger partial charge in [0.1, 0.15) is 12.5 Å². The summed E-state index contributed by atoms with van der Waals surface area (Å²) in [6.45, 7) is 0. The van der Waals surface area contributed by atoms with Gasteiger partial charge in [-0.25, -0.2) is 0 Å². The van der Waals surface area contributed by atoms with Crippen molar-refractivity contribution in [2.75, 3.05) is 12.5 Å². The van der Waals surface area contributed by atoms with Crippen LogP contribution in [0.15, 0.2) is 29.2 Å². The third kappa shape index (κ3) is 1.75. The lowest BCUT2D eigenvalue weighted by atomic mass is 10.4. The van der Waals surface area contributed by atoms with Crippen molar-refractivity contribution in [3.05, 3.63) is 30.3 Å². The van der Waals surface area contributed by atoms with Crippen molar-refractivity contribution in [3.63, 3.8) is 0 Å². The third-order valence-electron chi connectivity index (χ3n) is 1.16. The van der Waals surface area contributed by atoms with Crippen LogP contribution in [-0.2, 0) is 10.9 Å². The summed E-state index contributed by atoms with van der Waals surface area (Å²) in [7, 11) is 0.401. The zero-order valence-corrected chi connectivity index (χ0v) is 6.53. The van der Waals surface area contributed by atoms with Gasteiger partial charge in [-0.2, -0.15) is 0 Å². The summed E-state index contributed by atoms with van der Waals surface area (Å²) in [6.07, 6.45) is 4.44. The fourth-order valence-corrected chi connectivity index (χ4v) is 1.32. The molecule has 0 nitrogen and oxygen atoms in total. The molecule has 0 N–H and O–H groups in total. The molecule has 0 unspecified atom stereocenters. The molecule has 9 heavy (non-hydrogen) atoms. The van der Waals surface area contributed by atoms with Crippen LogP contribution in [0, 0.1) is 6.07 Å². The Labute approximate surface area is 59.3 Å². The number of rotatable bonds is 1. The monoisotopic (exact) mass is 138 g/mol. The molecule has 1 radical (unpaired) electrons. The molecule has 1 aromatic rings. The summed E-state index contributed by atoms with van der Waals surface area (Å²) < 4.78 is 0. The maximum Gasteiger partial charge on any atom is 0.154 e. The minimum atomic E-state index is 0.401. The van der Waals surface area contributed by atoms with Gasteiger partial charge in [0, 0.05) is 10.9 Å². The van der Waals surface area contributed by atoms with E-state index in [1.807, 2.05) is 12.1 Å². The molecule has 0 heterocycles. The molecule has 47 valence electrons. The number of hydrogen-bond donors (Lipinski definition) is 0. The predicted molar refractivity (Wildman–Crippen MR) is 42.8 cm³/mol. The van der Waals surface area contributed by atoms with Crippen LogP contribution < -0.4 is 0 Å². The van der Waals surface area contributed by atoms with Gasteiger partial charge in [0.2, 0.25) is 0 Å². The van der Waals surface area contributed by atoms with E-state index in [1.165, 1.54) is 4.90 Å². The molecule has 0 aromatic heterocycles. The molecule has 0 spiro atoms. The second kappa shape index (κ2) is 2.92. The fourth-order valence-electron chi connectivity index (χ4n) is 0.644. The van der Waals surface area contributed by atoms with Gasteiger partial charge in [-0.05, 0) is 30.3 Å². The van der Waals surface area contributed by atoms with Gasteiger partial charge < -0.3 is 0 Å². The van der Waals surface area contributed by atoms with Gasteiger partial charge in [0.05, 0.1) is 0 Å². The highest BCUT2D eigenvalue weighted by Crippen LogP contribution is 2.05. The van der Waals surface area contributed by atoms with E-state index in [-0.39, 0.29) is 0 Å². The molecule has 0 amide bonds. The highest BCUT2D eigenvalue weighted by molar-refractivity contribution is 7.95. The van der Waals surface area contributed by atoms with Crippen LogP contribution in [0.4, 0.5) is 0 Å². The van der Waals surface area contributed by atoms with Gasteiger partial charge in [0.15, 0.2) is 4.90 Å². The van der Waals surface area contributed by atoms with Crippen LogP contribution in [0.5, 0.6) is 0 Å². The quantitative estimate of drug-likeness (QED) is 0.518. The van der Waals surface area contributed by atoms with Crippen LogP contribution in [-0.4, -0.2) is 12.5 Å². The summed E-state index contributed by atoms with van der Waals surface area (Å²) in [5.41, 5.74) is 0. The standard InChI is InChI=1S/C8H10S/c1-9(2)8-6-4-3-5-7-8/h4-7H,1-2H3/q+1. The molecule has 0 fully saturated rings. The molecule has 1 rings (SSSR count). The largest absolute Gasteiger partial charge is 0.154 e. The maximum absolute atomic E-state index is 2.99. The summed E-state index contributed by atoms with van der Waals surface area (Å²) >= 11 is 0. The Morgan fingerprint density at radius 1 is 1.22 bits per heavy atom. The molecule has 0 aliphatic rings. The van der Waals surface area contributed by atoms with E-state index in [2.05, 4.69) is 30.7 Å². The highest BCUT2D eigenvalue weighted by atomic mass is 32.2. The lowest BCUT2D eigenvalue weighted by Crippen LogP contribution is -1.93. The maximum atomic E-state index is 2.99. The van der Waals surface area contributed by atoms with E-state index in [9.17, 15) is 0 Å². The second-order valence-electron chi connectivity index (χ2n) is 2.05. The van der Waals surface area contributed by atoms with Crippen molar-refractivity contribution in [1.82, 2.24) is 0 Å². The van der Waals surface area contributed by atoms with Crippen molar-refractivity contribution in [2.24, 2.45) is 0 Å². The molecule has 1 heteroatoms. The first kappa shape index (κ1) is 6.69. The lowest BCUT2D eigenvalue weighted by molar-refractivity contribution is 1.45. The van der Waals surface area contributed by atoms with Gasteiger partial charge in [-0.1, -0.05) is 0 Å². The zero-order chi connectivity index (χ0) is 6.69. The van der Waals surface area contributed by atoms with Crippen molar-refractivity contribution >= 4 is 10.9 Å². The van der Waals surface area contributed by atoms with Crippen LogP contribution in [0.1, 0.15) is 0 Å². The SMILES string of the molecule is C[S+](C)c1cc[c]cc1. The molecule has 1 aromatic carbocycles. The Morgan fingerprint density at radius 2 is 1.78 bits per heavy atom. The number of hydrogen-bond acceptors (Lipinski definition) is 0. The Hall–Kier alpha value is -0.430. The van der Waals surface area contributed by atoms with Gasteiger partial charge >= 0.3 is 0 Å². The van der Waals surface area contributed by atoms with E-state index in [1.54, 1.807) is 0 Å². The first-order valence-electron chi connectivity index (χ1n) is 2.84. The van der Waals surface area contributed by atoms with Crippen molar-refractivity contribution in [3.8, 4) is 0 Å². The average Bonchev–Trinajstić information content (AvgIpc) is 1.90. The predicted octanol–water partition coefficient (Wildman–Crippen LogP) is 1.72. The third-order valence-corrected chi connectivity index (χ3v) is 2.37.